The first-order valence-corrected chi connectivity index (χ1v) is 10.6. The van der Waals surface area contributed by atoms with Gasteiger partial charge in [-0.2, -0.15) is 25.8 Å². The molecule has 0 aliphatic heterocycles. The number of nitriles is 3. The van der Waals surface area contributed by atoms with E-state index in [-0.39, 0.29) is 11.8 Å². The average Bonchev–Trinajstić information content (AvgIpc) is 2.86. The van der Waals surface area contributed by atoms with Gasteiger partial charge in [-0.15, -0.1) is 0 Å². The molecule has 1 heterocycles. The third kappa shape index (κ3) is 5.51. The van der Waals surface area contributed by atoms with E-state index in [1.165, 1.54) is 0 Å². The second-order valence-corrected chi connectivity index (χ2v) is 7.70. The predicted octanol–water partition coefficient (Wildman–Crippen LogP) is 5.99. The molecule has 168 valence electrons. The average molecular weight is 457 g/mol. The Morgan fingerprint density at radius 1 is 0.686 bits per heavy atom. The topological polar surface area (TPSA) is 130 Å². The van der Waals surface area contributed by atoms with Gasteiger partial charge in [0.25, 0.3) is 0 Å². The minimum absolute atomic E-state index is 0.262. The third-order valence-corrected chi connectivity index (χ3v) is 5.03. The summed E-state index contributed by atoms with van der Waals surface area (Å²) in [6, 6.07) is 25.5. The Bertz CT molecular complexity index is 1500. The van der Waals surface area contributed by atoms with Gasteiger partial charge in [0.2, 0.25) is 11.8 Å². The maximum atomic E-state index is 9.22. The SMILES string of the molecule is Cc1cc(C#N)cc(C)c1Oc1cc(Nc2ccc(C#N)cc2)nc(Nc2cccc(C#N)c2)n1. The molecule has 8 heteroatoms. The summed E-state index contributed by atoms with van der Waals surface area (Å²) in [5.74, 6) is 1.61. The van der Waals surface area contributed by atoms with Crippen molar-refractivity contribution in [3.05, 3.63) is 94.5 Å². The standard InChI is InChI=1S/C27H19N7O/c1-17-10-21(16-30)11-18(2)26(17)35-25-13-24(31-22-8-6-19(14-28)7-9-22)33-27(34-25)32-23-5-3-4-20(12-23)15-29/h3-13H,1-2H3,(H2,31,32,33,34). The molecule has 0 saturated carbocycles. The molecule has 2 N–H and O–H groups in total. The molecule has 1 aromatic heterocycles. The molecule has 35 heavy (non-hydrogen) atoms. The van der Waals surface area contributed by atoms with Gasteiger partial charge in [-0.3, -0.25) is 0 Å². The molecule has 8 nitrogen and oxygen atoms in total. The Hall–Kier alpha value is -5.39. The van der Waals surface area contributed by atoms with Gasteiger partial charge in [0.05, 0.1) is 34.9 Å². The fourth-order valence-corrected chi connectivity index (χ4v) is 3.45. The number of aryl methyl sites for hydroxylation is 2. The molecular formula is C27H19N7O. The maximum absolute atomic E-state index is 9.22. The number of aromatic nitrogens is 2. The number of hydrogen-bond acceptors (Lipinski definition) is 8. The van der Waals surface area contributed by atoms with Crippen LogP contribution in [0.2, 0.25) is 0 Å². The van der Waals surface area contributed by atoms with Gasteiger partial charge in [-0.05, 0) is 79.6 Å². The number of anilines is 4. The van der Waals surface area contributed by atoms with Crippen molar-refractivity contribution in [2.75, 3.05) is 10.6 Å². The zero-order valence-corrected chi connectivity index (χ0v) is 19.0. The number of hydrogen-bond donors (Lipinski definition) is 2. The molecule has 0 atom stereocenters. The molecule has 0 fully saturated rings. The van der Waals surface area contributed by atoms with Gasteiger partial charge in [0.15, 0.2) is 0 Å². The molecule has 4 rings (SSSR count). The zero-order valence-electron chi connectivity index (χ0n) is 19.0. The van der Waals surface area contributed by atoms with Crippen LogP contribution < -0.4 is 15.4 Å². The Balaban J connectivity index is 1.71. The van der Waals surface area contributed by atoms with Crippen molar-refractivity contribution < 1.29 is 4.74 Å². The fraction of sp³-hybridized carbons (Fsp3) is 0.0741. The number of nitrogens with zero attached hydrogens (tertiary/aromatic N) is 5. The molecular weight excluding hydrogens is 438 g/mol. The summed E-state index contributed by atoms with van der Waals surface area (Å²) in [6.45, 7) is 3.74. The lowest BCUT2D eigenvalue weighted by molar-refractivity contribution is 0.456. The number of nitrogens with one attached hydrogen (secondary N) is 2. The van der Waals surface area contributed by atoms with Crippen molar-refractivity contribution in [1.82, 2.24) is 9.97 Å². The van der Waals surface area contributed by atoms with Crippen molar-refractivity contribution in [1.29, 1.82) is 15.8 Å². The summed E-state index contributed by atoms with van der Waals surface area (Å²) < 4.78 is 6.14. The molecule has 3 aromatic carbocycles. The molecule has 0 spiro atoms. The van der Waals surface area contributed by atoms with E-state index in [4.69, 9.17) is 10.00 Å². The van der Waals surface area contributed by atoms with Crippen molar-refractivity contribution in [3.63, 3.8) is 0 Å². The van der Waals surface area contributed by atoms with Crippen LogP contribution in [0, 0.1) is 47.8 Å². The van der Waals surface area contributed by atoms with Gasteiger partial charge in [-0.25, -0.2) is 0 Å². The van der Waals surface area contributed by atoms with Crippen LogP contribution in [0.3, 0.4) is 0 Å². The molecule has 0 bridgehead atoms. The quantitative estimate of drug-likeness (QED) is 0.361. The first-order valence-electron chi connectivity index (χ1n) is 10.6. The van der Waals surface area contributed by atoms with E-state index in [0.717, 1.165) is 16.8 Å². The van der Waals surface area contributed by atoms with Crippen LogP contribution in [0.25, 0.3) is 0 Å². The highest BCUT2D eigenvalue weighted by molar-refractivity contribution is 5.63. The van der Waals surface area contributed by atoms with E-state index < -0.39 is 0 Å². The van der Waals surface area contributed by atoms with Gasteiger partial charge in [-0.1, -0.05) is 6.07 Å². The number of rotatable bonds is 6. The highest BCUT2D eigenvalue weighted by atomic mass is 16.5. The maximum Gasteiger partial charge on any atom is 0.232 e. The van der Waals surface area contributed by atoms with Crippen LogP contribution in [0.15, 0.2) is 66.7 Å². The van der Waals surface area contributed by atoms with Gasteiger partial charge in [0.1, 0.15) is 11.6 Å². The van der Waals surface area contributed by atoms with Crippen LogP contribution in [0.4, 0.5) is 23.1 Å². The van der Waals surface area contributed by atoms with Gasteiger partial charge >= 0.3 is 0 Å². The second kappa shape index (κ2) is 10.0. The molecule has 0 amide bonds. The summed E-state index contributed by atoms with van der Waals surface area (Å²) in [4.78, 5) is 9.03. The molecule has 0 aliphatic rings. The van der Waals surface area contributed by atoms with Crippen molar-refractivity contribution >= 4 is 23.1 Å². The van der Waals surface area contributed by atoms with Crippen molar-refractivity contribution in [2.45, 2.75) is 13.8 Å². The van der Waals surface area contributed by atoms with E-state index >= 15 is 0 Å². The summed E-state index contributed by atoms with van der Waals surface area (Å²) in [5.41, 5.74) is 4.60. The smallest absolute Gasteiger partial charge is 0.232 e. The minimum Gasteiger partial charge on any atom is -0.438 e. The Morgan fingerprint density at radius 2 is 1.37 bits per heavy atom. The largest absolute Gasteiger partial charge is 0.438 e. The summed E-state index contributed by atoms with van der Waals surface area (Å²) in [6.07, 6.45) is 0. The van der Waals surface area contributed by atoms with Crippen LogP contribution >= 0.6 is 0 Å². The first kappa shape index (κ1) is 22.8. The van der Waals surface area contributed by atoms with E-state index in [9.17, 15) is 10.5 Å². The summed E-state index contributed by atoms with van der Waals surface area (Å²) in [7, 11) is 0. The van der Waals surface area contributed by atoms with E-state index in [1.807, 2.05) is 13.8 Å². The van der Waals surface area contributed by atoms with Crippen LogP contribution in [-0.2, 0) is 0 Å². The van der Waals surface area contributed by atoms with E-state index in [0.29, 0.717) is 33.9 Å². The van der Waals surface area contributed by atoms with Crippen LogP contribution in [-0.4, -0.2) is 9.97 Å². The van der Waals surface area contributed by atoms with Crippen molar-refractivity contribution in [3.8, 4) is 29.8 Å². The Morgan fingerprint density at radius 3 is 2.03 bits per heavy atom. The Labute approximate surface area is 202 Å². The van der Waals surface area contributed by atoms with Crippen LogP contribution in [0.5, 0.6) is 11.6 Å². The fourth-order valence-electron chi connectivity index (χ4n) is 3.45. The highest BCUT2D eigenvalue weighted by Gasteiger charge is 2.12. The monoisotopic (exact) mass is 457 g/mol. The zero-order chi connectivity index (χ0) is 24.8. The van der Waals surface area contributed by atoms with E-state index in [1.54, 1.807) is 66.7 Å². The molecule has 0 aliphatic carbocycles. The van der Waals surface area contributed by atoms with Gasteiger partial charge in [0, 0.05) is 17.4 Å². The summed E-state index contributed by atoms with van der Waals surface area (Å²) >= 11 is 0. The highest BCUT2D eigenvalue weighted by Crippen LogP contribution is 2.31. The lowest BCUT2D eigenvalue weighted by atomic mass is 10.1. The summed E-state index contributed by atoms with van der Waals surface area (Å²) in [5, 5.41) is 33.8. The molecule has 0 saturated heterocycles. The predicted molar refractivity (Wildman–Crippen MR) is 132 cm³/mol. The molecule has 0 unspecified atom stereocenters. The van der Waals surface area contributed by atoms with Crippen LogP contribution in [0.1, 0.15) is 27.8 Å². The van der Waals surface area contributed by atoms with Crippen molar-refractivity contribution in [2.24, 2.45) is 0 Å². The molecule has 0 radical (unpaired) electrons. The minimum atomic E-state index is 0.262. The van der Waals surface area contributed by atoms with Gasteiger partial charge < -0.3 is 15.4 Å². The lowest BCUT2D eigenvalue weighted by Crippen LogP contribution is -2.03. The van der Waals surface area contributed by atoms with E-state index in [2.05, 4.69) is 38.8 Å². The second-order valence-electron chi connectivity index (χ2n) is 7.70. The number of benzene rings is 3. The molecule has 4 aromatic rings. The lowest BCUT2D eigenvalue weighted by Gasteiger charge is -2.14. The third-order valence-electron chi connectivity index (χ3n) is 5.03. The normalized spacial score (nSPS) is 9.91. The Kier molecular flexibility index (Phi) is 6.54. The number of ether oxygens (including phenoxy) is 1. The first-order chi connectivity index (χ1) is 17.0.